The minimum atomic E-state index is -0.774. The Balaban J connectivity index is 4.22. The van der Waals surface area contributed by atoms with Crippen molar-refractivity contribution in [2.75, 3.05) is 13.2 Å². The summed E-state index contributed by atoms with van der Waals surface area (Å²) in [5.74, 6) is -0.846. The molecule has 0 heterocycles. The molecule has 1 unspecified atom stereocenters. The molecule has 0 aliphatic carbocycles. The van der Waals surface area contributed by atoms with E-state index in [1.165, 1.54) is 295 Å². The van der Waals surface area contributed by atoms with Gasteiger partial charge < -0.3 is 14.2 Å². The summed E-state index contributed by atoms with van der Waals surface area (Å²) in [6.07, 6.45) is 87.5. The largest absolute Gasteiger partial charge is 0.462 e. The van der Waals surface area contributed by atoms with Gasteiger partial charge in [-0.1, -0.05) is 346 Å². The highest BCUT2D eigenvalue weighted by atomic mass is 16.6. The van der Waals surface area contributed by atoms with Gasteiger partial charge in [0.1, 0.15) is 13.2 Å². The zero-order valence-corrected chi connectivity index (χ0v) is 54.8. The summed E-state index contributed by atoms with van der Waals surface area (Å²) in [5, 5.41) is 0. The molecule has 0 saturated carbocycles. The first-order chi connectivity index (χ1) is 40.0. The van der Waals surface area contributed by atoms with Crippen molar-refractivity contribution in [2.45, 2.75) is 412 Å². The van der Waals surface area contributed by atoms with Gasteiger partial charge in [-0.2, -0.15) is 0 Å². The van der Waals surface area contributed by atoms with Crippen molar-refractivity contribution in [2.24, 2.45) is 0 Å². The van der Waals surface area contributed by atoms with Crippen LogP contribution in [0.1, 0.15) is 406 Å². The second-order valence-corrected chi connectivity index (χ2v) is 24.9. The van der Waals surface area contributed by atoms with Gasteiger partial charge in [0.05, 0.1) is 0 Å². The minimum absolute atomic E-state index is 0.0697. The first-order valence-electron chi connectivity index (χ1n) is 36.5. The van der Waals surface area contributed by atoms with E-state index in [9.17, 15) is 14.4 Å². The molecule has 81 heavy (non-hydrogen) atoms. The molecule has 0 N–H and O–H groups in total. The highest BCUT2D eigenvalue weighted by molar-refractivity contribution is 5.71. The minimum Gasteiger partial charge on any atom is -0.462 e. The number of rotatable bonds is 68. The molecule has 0 amide bonds. The number of allylic oxidation sites excluding steroid dienone is 6. The predicted octanol–water partition coefficient (Wildman–Crippen LogP) is 25.1. The summed E-state index contributed by atoms with van der Waals surface area (Å²) in [4.78, 5) is 38.5. The van der Waals surface area contributed by atoms with Gasteiger partial charge in [-0.05, 0) is 77.0 Å². The lowest BCUT2D eigenvalue weighted by molar-refractivity contribution is -0.167. The van der Waals surface area contributed by atoms with Crippen molar-refractivity contribution in [1.82, 2.24) is 0 Å². The monoisotopic (exact) mass is 1140 g/mol. The van der Waals surface area contributed by atoms with Crippen molar-refractivity contribution in [3.05, 3.63) is 36.5 Å². The fourth-order valence-electron chi connectivity index (χ4n) is 11.1. The van der Waals surface area contributed by atoms with E-state index in [4.69, 9.17) is 14.2 Å². The van der Waals surface area contributed by atoms with E-state index in [1.807, 2.05) is 0 Å². The second-order valence-electron chi connectivity index (χ2n) is 24.9. The van der Waals surface area contributed by atoms with Crippen molar-refractivity contribution >= 4 is 17.9 Å². The second kappa shape index (κ2) is 70.1. The molecule has 6 heteroatoms. The third-order valence-corrected chi connectivity index (χ3v) is 16.6. The van der Waals surface area contributed by atoms with Crippen molar-refractivity contribution in [3.8, 4) is 0 Å². The van der Waals surface area contributed by atoms with Crippen LogP contribution < -0.4 is 0 Å². The molecule has 0 spiro atoms. The SMILES string of the molecule is CCCCCC/C=C\C/C=C\CCCCCCCCCC(=O)OC(COC(=O)CCCCCCCCCCCCCCCCCC)COC(=O)CCCCCCCCCCCCCCCCCCC/C=C\CCCCCCCCCC. The normalized spacial score (nSPS) is 12.2. The summed E-state index contributed by atoms with van der Waals surface area (Å²) in [7, 11) is 0. The van der Waals surface area contributed by atoms with Crippen LogP contribution in [0, 0.1) is 0 Å². The number of unbranched alkanes of at least 4 members (excludes halogenated alkanes) is 51. The Bertz CT molecular complexity index is 1350. The lowest BCUT2D eigenvalue weighted by atomic mass is 10.0. The van der Waals surface area contributed by atoms with Crippen LogP contribution in [0.25, 0.3) is 0 Å². The fourth-order valence-corrected chi connectivity index (χ4v) is 11.1. The van der Waals surface area contributed by atoms with Gasteiger partial charge in [-0.15, -0.1) is 0 Å². The summed E-state index contributed by atoms with van der Waals surface area (Å²) >= 11 is 0. The molecule has 0 aliphatic heterocycles. The summed E-state index contributed by atoms with van der Waals surface area (Å²) in [6, 6.07) is 0. The first kappa shape index (κ1) is 78.6. The lowest BCUT2D eigenvalue weighted by Crippen LogP contribution is -2.30. The molecular formula is C75H140O6. The Morgan fingerprint density at radius 2 is 0.444 bits per heavy atom. The molecule has 476 valence electrons. The fraction of sp³-hybridized carbons (Fsp3) is 0.880. The Morgan fingerprint density at radius 3 is 0.704 bits per heavy atom. The number of hydrogen-bond donors (Lipinski definition) is 0. The molecule has 0 fully saturated rings. The number of esters is 3. The molecule has 1 atom stereocenters. The van der Waals surface area contributed by atoms with Crippen molar-refractivity contribution in [1.29, 1.82) is 0 Å². The van der Waals surface area contributed by atoms with E-state index in [0.717, 1.165) is 70.6 Å². The van der Waals surface area contributed by atoms with Gasteiger partial charge in [-0.3, -0.25) is 14.4 Å². The summed E-state index contributed by atoms with van der Waals surface area (Å²) in [5.41, 5.74) is 0. The van der Waals surface area contributed by atoms with Crippen molar-refractivity contribution in [3.63, 3.8) is 0 Å². The van der Waals surface area contributed by atoms with Crippen LogP contribution >= 0.6 is 0 Å². The molecular weight excluding hydrogens is 997 g/mol. The van der Waals surface area contributed by atoms with E-state index in [1.54, 1.807) is 0 Å². The molecule has 0 aliphatic rings. The summed E-state index contributed by atoms with van der Waals surface area (Å²) < 4.78 is 17.0. The van der Waals surface area contributed by atoms with E-state index < -0.39 is 6.10 Å². The highest BCUT2D eigenvalue weighted by Gasteiger charge is 2.19. The maximum absolute atomic E-state index is 12.9. The molecule has 0 bridgehead atoms. The van der Waals surface area contributed by atoms with Crippen LogP contribution in [-0.2, 0) is 28.6 Å². The van der Waals surface area contributed by atoms with Crippen LogP contribution in [0.3, 0.4) is 0 Å². The standard InChI is InChI=1S/C75H140O6/c1-4-7-10-13-16-19-22-25-28-31-33-34-35-36-37-38-39-40-41-42-43-45-47-50-53-56-59-62-65-68-74(77)80-71-72(70-79-73(76)67-64-61-58-55-52-49-46-30-27-24-21-18-15-12-9-6-3)81-75(78)69-66-63-60-57-54-51-48-44-32-29-26-23-20-17-14-11-8-5-2/h20,23,29,31-33,72H,4-19,21-22,24-28,30,34-71H2,1-3H3/b23-20-,32-29-,33-31-. The van der Waals surface area contributed by atoms with Crippen LogP contribution in [0.4, 0.5) is 0 Å². The molecule has 6 nitrogen and oxygen atoms in total. The topological polar surface area (TPSA) is 78.9 Å². The van der Waals surface area contributed by atoms with Gasteiger partial charge >= 0.3 is 17.9 Å². The van der Waals surface area contributed by atoms with Gasteiger partial charge in [0.2, 0.25) is 0 Å². The third-order valence-electron chi connectivity index (χ3n) is 16.6. The Morgan fingerprint density at radius 1 is 0.247 bits per heavy atom. The van der Waals surface area contributed by atoms with Crippen molar-refractivity contribution < 1.29 is 28.6 Å². The third kappa shape index (κ3) is 68.3. The maximum atomic E-state index is 12.9. The van der Waals surface area contributed by atoms with Crippen LogP contribution in [-0.4, -0.2) is 37.2 Å². The lowest BCUT2D eigenvalue weighted by Gasteiger charge is -2.18. The van der Waals surface area contributed by atoms with E-state index >= 15 is 0 Å². The van der Waals surface area contributed by atoms with Crippen LogP contribution in [0.15, 0.2) is 36.5 Å². The zero-order chi connectivity index (χ0) is 58.5. The molecule has 0 aromatic rings. The molecule has 0 aromatic heterocycles. The van der Waals surface area contributed by atoms with Crippen LogP contribution in [0.5, 0.6) is 0 Å². The Labute approximate surface area is 506 Å². The Hall–Kier alpha value is -2.37. The molecule has 0 radical (unpaired) electrons. The average Bonchev–Trinajstić information content (AvgIpc) is 3.47. The zero-order valence-electron chi connectivity index (χ0n) is 54.8. The molecule has 0 saturated heterocycles. The number of ether oxygens (including phenoxy) is 3. The Kier molecular flexibility index (Phi) is 68.1. The van der Waals surface area contributed by atoms with E-state index in [2.05, 4.69) is 57.2 Å². The smallest absolute Gasteiger partial charge is 0.306 e. The van der Waals surface area contributed by atoms with E-state index in [0.29, 0.717) is 19.3 Å². The number of carbonyl (C=O) groups is 3. The van der Waals surface area contributed by atoms with Gasteiger partial charge in [-0.25, -0.2) is 0 Å². The molecule has 0 aromatic carbocycles. The quantitative estimate of drug-likeness (QED) is 0.0261. The summed E-state index contributed by atoms with van der Waals surface area (Å²) in [6.45, 7) is 6.70. The number of carbonyl (C=O) groups excluding carboxylic acids is 3. The van der Waals surface area contributed by atoms with Crippen LogP contribution in [0.2, 0.25) is 0 Å². The maximum Gasteiger partial charge on any atom is 0.306 e. The predicted molar refractivity (Wildman–Crippen MR) is 353 cm³/mol. The number of hydrogen-bond acceptors (Lipinski definition) is 6. The van der Waals surface area contributed by atoms with Gasteiger partial charge in [0.15, 0.2) is 6.10 Å². The first-order valence-corrected chi connectivity index (χ1v) is 36.5. The highest BCUT2D eigenvalue weighted by Crippen LogP contribution is 2.19. The van der Waals surface area contributed by atoms with Gasteiger partial charge in [0.25, 0.3) is 0 Å². The molecule has 0 rings (SSSR count). The van der Waals surface area contributed by atoms with Gasteiger partial charge in [0, 0.05) is 19.3 Å². The van der Waals surface area contributed by atoms with E-state index in [-0.39, 0.29) is 31.1 Å². The average molecular weight is 1140 g/mol.